The van der Waals surface area contributed by atoms with Gasteiger partial charge in [-0.05, 0) is 55.6 Å². The van der Waals surface area contributed by atoms with E-state index in [2.05, 4.69) is 47.1 Å². The fourth-order valence-corrected chi connectivity index (χ4v) is 3.12. The summed E-state index contributed by atoms with van der Waals surface area (Å²) in [7, 11) is 0. The van der Waals surface area contributed by atoms with E-state index in [1.807, 2.05) is 0 Å². The van der Waals surface area contributed by atoms with Gasteiger partial charge in [-0.1, -0.05) is 0 Å². The number of fused-ring (bicyclic) bond motifs is 1. The molecule has 2 heterocycles. The molecule has 0 fully saturated rings. The second kappa shape index (κ2) is 4.99. The summed E-state index contributed by atoms with van der Waals surface area (Å²) in [4.78, 5) is 19.9. The SMILES string of the molecule is O=C1Nc2ncncc2/C1=C\c1cc(Br)c(O)c(Br)c1. The molecule has 0 saturated carbocycles. The smallest absolute Gasteiger partial charge is 0.257 e. The molecule has 2 aromatic rings. The monoisotopic (exact) mass is 395 g/mol. The normalized spacial score (nSPS) is 15.3. The number of aromatic hydroxyl groups is 1. The number of hydrogen-bond acceptors (Lipinski definition) is 4. The number of phenolic OH excluding ortho intramolecular Hbond substituents is 1. The van der Waals surface area contributed by atoms with Gasteiger partial charge in [0.25, 0.3) is 5.91 Å². The molecule has 1 aliphatic rings. The number of nitrogens with one attached hydrogen (secondary N) is 1. The quantitative estimate of drug-likeness (QED) is 0.726. The van der Waals surface area contributed by atoms with Gasteiger partial charge < -0.3 is 10.4 Å². The molecule has 3 rings (SSSR count). The lowest BCUT2D eigenvalue weighted by molar-refractivity contribution is -0.110. The predicted octanol–water partition coefficient (Wildman–Crippen LogP) is 3.20. The summed E-state index contributed by atoms with van der Waals surface area (Å²) >= 11 is 6.52. The second-order valence-corrected chi connectivity index (χ2v) is 5.84. The Morgan fingerprint density at radius 1 is 1.25 bits per heavy atom. The first-order valence-electron chi connectivity index (χ1n) is 5.57. The number of amides is 1. The van der Waals surface area contributed by atoms with Crippen molar-refractivity contribution < 1.29 is 9.90 Å². The summed E-state index contributed by atoms with van der Waals surface area (Å²) in [5, 5.41) is 12.4. The molecule has 5 nitrogen and oxygen atoms in total. The molecule has 0 atom stereocenters. The Morgan fingerprint density at radius 3 is 2.65 bits per heavy atom. The van der Waals surface area contributed by atoms with E-state index in [1.165, 1.54) is 6.33 Å². The Morgan fingerprint density at radius 2 is 1.95 bits per heavy atom. The van der Waals surface area contributed by atoms with Crippen molar-refractivity contribution in [2.24, 2.45) is 0 Å². The van der Waals surface area contributed by atoms with E-state index in [1.54, 1.807) is 24.4 Å². The fourth-order valence-electron chi connectivity index (χ4n) is 1.90. The van der Waals surface area contributed by atoms with Crippen LogP contribution in [0, 0.1) is 0 Å². The van der Waals surface area contributed by atoms with Crippen molar-refractivity contribution in [3.63, 3.8) is 0 Å². The third kappa shape index (κ3) is 2.23. The lowest BCUT2D eigenvalue weighted by Gasteiger charge is -2.03. The first-order valence-corrected chi connectivity index (χ1v) is 7.16. The number of halogens is 2. The van der Waals surface area contributed by atoms with Crippen molar-refractivity contribution in [2.45, 2.75) is 0 Å². The molecule has 0 saturated heterocycles. The molecule has 100 valence electrons. The summed E-state index contributed by atoms with van der Waals surface area (Å²) in [6.07, 6.45) is 4.70. The highest BCUT2D eigenvalue weighted by Crippen LogP contribution is 2.36. The van der Waals surface area contributed by atoms with Crippen LogP contribution in [0.2, 0.25) is 0 Å². The minimum absolute atomic E-state index is 0.117. The Kier molecular flexibility index (Phi) is 3.31. The average Bonchev–Trinajstić information content (AvgIpc) is 2.73. The summed E-state index contributed by atoms with van der Waals surface area (Å²) in [6, 6.07) is 3.45. The van der Waals surface area contributed by atoms with E-state index in [0.717, 1.165) is 5.56 Å². The maximum absolute atomic E-state index is 12.0. The lowest BCUT2D eigenvalue weighted by atomic mass is 10.1. The van der Waals surface area contributed by atoms with Gasteiger partial charge in [0.1, 0.15) is 17.9 Å². The number of carbonyl (C=O) groups is 1. The number of rotatable bonds is 1. The standard InChI is InChI=1S/C13H7Br2N3O2/c14-9-2-6(3-10(15)11(9)19)1-7-8-4-16-5-17-12(8)18-13(7)20/h1-5,19H,(H,16,17,18,20)/b7-1+. The van der Waals surface area contributed by atoms with Crippen molar-refractivity contribution >= 4 is 55.2 Å². The number of aromatic nitrogens is 2. The van der Waals surface area contributed by atoms with Crippen molar-refractivity contribution in [1.82, 2.24) is 9.97 Å². The predicted molar refractivity (Wildman–Crippen MR) is 82.0 cm³/mol. The molecule has 1 aromatic heterocycles. The van der Waals surface area contributed by atoms with Crippen LogP contribution < -0.4 is 5.32 Å². The average molecular weight is 397 g/mol. The fraction of sp³-hybridized carbons (Fsp3) is 0. The molecule has 0 unspecified atom stereocenters. The maximum Gasteiger partial charge on any atom is 0.257 e. The summed E-state index contributed by atoms with van der Waals surface area (Å²) in [6.45, 7) is 0. The van der Waals surface area contributed by atoms with Crippen molar-refractivity contribution in [3.8, 4) is 5.75 Å². The third-order valence-electron chi connectivity index (χ3n) is 2.83. The molecule has 1 aromatic carbocycles. The van der Waals surface area contributed by atoms with Gasteiger partial charge in [0, 0.05) is 11.8 Å². The van der Waals surface area contributed by atoms with Crippen LogP contribution in [0.4, 0.5) is 5.82 Å². The number of hydrogen-bond donors (Lipinski definition) is 2. The number of carbonyl (C=O) groups excluding carboxylic acids is 1. The van der Waals surface area contributed by atoms with E-state index >= 15 is 0 Å². The van der Waals surface area contributed by atoms with Crippen LogP contribution in [0.5, 0.6) is 5.75 Å². The van der Waals surface area contributed by atoms with E-state index in [-0.39, 0.29) is 11.7 Å². The highest BCUT2D eigenvalue weighted by atomic mass is 79.9. The third-order valence-corrected chi connectivity index (χ3v) is 4.04. The second-order valence-electron chi connectivity index (χ2n) is 4.13. The van der Waals surface area contributed by atoms with Crippen molar-refractivity contribution in [3.05, 3.63) is 44.7 Å². The number of benzene rings is 1. The van der Waals surface area contributed by atoms with Gasteiger partial charge in [-0.15, -0.1) is 0 Å². The molecular weight excluding hydrogens is 390 g/mol. The van der Waals surface area contributed by atoms with Crippen LogP contribution in [0.3, 0.4) is 0 Å². The Balaban J connectivity index is 2.11. The maximum atomic E-state index is 12.0. The van der Waals surface area contributed by atoms with E-state index in [9.17, 15) is 9.90 Å². The minimum Gasteiger partial charge on any atom is -0.506 e. The molecule has 20 heavy (non-hydrogen) atoms. The van der Waals surface area contributed by atoms with Gasteiger partial charge in [0.05, 0.1) is 14.5 Å². The molecule has 0 radical (unpaired) electrons. The molecular formula is C13H7Br2N3O2. The van der Waals surface area contributed by atoms with Crippen LogP contribution in [-0.4, -0.2) is 21.0 Å². The zero-order valence-electron chi connectivity index (χ0n) is 9.89. The number of nitrogens with zero attached hydrogens (tertiary/aromatic N) is 2. The van der Waals surface area contributed by atoms with E-state index in [0.29, 0.717) is 25.9 Å². The summed E-state index contributed by atoms with van der Waals surface area (Å²) in [5.74, 6) is 0.403. The van der Waals surface area contributed by atoms with Crippen LogP contribution in [0.25, 0.3) is 11.6 Å². The van der Waals surface area contributed by atoms with Gasteiger partial charge in [-0.3, -0.25) is 4.79 Å². The van der Waals surface area contributed by atoms with Gasteiger partial charge in [-0.25, -0.2) is 9.97 Å². The van der Waals surface area contributed by atoms with Gasteiger partial charge in [-0.2, -0.15) is 0 Å². The number of phenols is 1. The number of anilines is 1. The zero-order valence-corrected chi connectivity index (χ0v) is 13.1. The van der Waals surface area contributed by atoms with E-state index in [4.69, 9.17) is 0 Å². The molecule has 0 bridgehead atoms. The topological polar surface area (TPSA) is 75.1 Å². The Hall–Kier alpha value is -1.73. The van der Waals surface area contributed by atoms with Crippen LogP contribution in [0.1, 0.15) is 11.1 Å². The lowest BCUT2D eigenvalue weighted by Crippen LogP contribution is -2.04. The van der Waals surface area contributed by atoms with Gasteiger partial charge in [0.15, 0.2) is 0 Å². The molecule has 0 spiro atoms. The van der Waals surface area contributed by atoms with Crippen molar-refractivity contribution in [2.75, 3.05) is 5.32 Å². The molecule has 7 heteroatoms. The molecule has 0 aliphatic carbocycles. The van der Waals surface area contributed by atoms with Crippen molar-refractivity contribution in [1.29, 1.82) is 0 Å². The van der Waals surface area contributed by atoms with Crippen LogP contribution in [0.15, 0.2) is 33.6 Å². The Labute approximate surface area is 131 Å². The molecule has 1 amide bonds. The molecule has 1 aliphatic heterocycles. The highest BCUT2D eigenvalue weighted by molar-refractivity contribution is 9.11. The zero-order chi connectivity index (χ0) is 14.3. The van der Waals surface area contributed by atoms with Gasteiger partial charge in [0.2, 0.25) is 0 Å². The summed E-state index contributed by atoms with van der Waals surface area (Å²) < 4.78 is 1.09. The largest absolute Gasteiger partial charge is 0.506 e. The highest BCUT2D eigenvalue weighted by Gasteiger charge is 2.25. The Bertz CT molecular complexity index is 736. The first kappa shape index (κ1) is 13.3. The van der Waals surface area contributed by atoms with Crippen LogP contribution in [-0.2, 0) is 4.79 Å². The van der Waals surface area contributed by atoms with Gasteiger partial charge >= 0.3 is 0 Å². The van der Waals surface area contributed by atoms with Crippen LogP contribution >= 0.6 is 31.9 Å². The first-order chi connectivity index (χ1) is 9.56. The minimum atomic E-state index is -0.221. The van der Waals surface area contributed by atoms with E-state index < -0.39 is 0 Å². The summed E-state index contributed by atoms with van der Waals surface area (Å²) in [5.41, 5.74) is 1.92. The molecule has 2 N–H and O–H groups in total.